The van der Waals surface area contributed by atoms with Crippen LogP contribution in [0.3, 0.4) is 0 Å². The smallest absolute Gasteiger partial charge is 0.336 e. The lowest BCUT2D eigenvalue weighted by Gasteiger charge is -2.12. The molecule has 1 atom stereocenters. The van der Waals surface area contributed by atoms with E-state index in [4.69, 9.17) is 9.15 Å². The Morgan fingerprint density at radius 1 is 1.07 bits per heavy atom. The summed E-state index contributed by atoms with van der Waals surface area (Å²) >= 11 is 0. The SMILES string of the molecule is CC(=O)N[C@H](C)CCc1ccc(C(=O)COc2ccc3ccc(=O)oc3c2)cc1. The first-order valence-electron chi connectivity index (χ1n) is 9.46. The van der Waals surface area contributed by atoms with Crippen LogP contribution in [-0.2, 0) is 11.2 Å². The number of rotatable bonds is 8. The molecule has 0 bridgehead atoms. The van der Waals surface area contributed by atoms with Crippen molar-refractivity contribution in [1.82, 2.24) is 5.32 Å². The zero-order valence-corrected chi connectivity index (χ0v) is 16.4. The number of carbonyl (C=O) groups is 2. The van der Waals surface area contributed by atoms with E-state index in [1.54, 1.807) is 36.4 Å². The minimum absolute atomic E-state index is 0.0352. The molecule has 0 spiro atoms. The molecule has 150 valence electrons. The number of carbonyl (C=O) groups excluding carboxylic acids is 2. The highest BCUT2D eigenvalue weighted by Crippen LogP contribution is 2.19. The lowest BCUT2D eigenvalue weighted by Crippen LogP contribution is -2.30. The van der Waals surface area contributed by atoms with Crippen LogP contribution in [0.4, 0.5) is 0 Å². The molecule has 1 amide bonds. The number of ether oxygens (including phenoxy) is 1. The molecule has 0 aliphatic heterocycles. The number of fused-ring (bicyclic) bond motifs is 1. The number of hydrogen-bond donors (Lipinski definition) is 1. The van der Waals surface area contributed by atoms with Crippen molar-refractivity contribution in [2.45, 2.75) is 32.7 Å². The van der Waals surface area contributed by atoms with E-state index in [1.165, 1.54) is 13.0 Å². The molecule has 0 radical (unpaired) electrons. The molecule has 6 heteroatoms. The minimum Gasteiger partial charge on any atom is -0.485 e. The van der Waals surface area contributed by atoms with Crippen molar-refractivity contribution in [3.05, 3.63) is 76.1 Å². The third-order valence-corrected chi connectivity index (χ3v) is 4.56. The van der Waals surface area contributed by atoms with Gasteiger partial charge in [0.1, 0.15) is 11.3 Å². The van der Waals surface area contributed by atoms with Crippen molar-refractivity contribution in [3.63, 3.8) is 0 Å². The molecule has 0 aliphatic rings. The van der Waals surface area contributed by atoms with E-state index in [2.05, 4.69) is 5.32 Å². The fourth-order valence-corrected chi connectivity index (χ4v) is 3.02. The van der Waals surface area contributed by atoms with Gasteiger partial charge in [0, 0.05) is 36.0 Å². The maximum absolute atomic E-state index is 12.4. The van der Waals surface area contributed by atoms with Gasteiger partial charge in [0.2, 0.25) is 5.91 Å². The van der Waals surface area contributed by atoms with Crippen LogP contribution in [0.5, 0.6) is 5.75 Å². The Bertz CT molecular complexity index is 1070. The fourth-order valence-electron chi connectivity index (χ4n) is 3.02. The molecule has 0 saturated heterocycles. The summed E-state index contributed by atoms with van der Waals surface area (Å²) in [6, 6.07) is 15.6. The van der Waals surface area contributed by atoms with E-state index >= 15 is 0 Å². The molecule has 0 fully saturated rings. The lowest BCUT2D eigenvalue weighted by molar-refractivity contribution is -0.119. The Morgan fingerprint density at radius 3 is 2.52 bits per heavy atom. The second-order valence-corrected chi connectivity index (χ2v) is 7.00. The summed E-state index contributed by atoms with van der Waals surface area (Å²) in [5.74, 6) is 0.286. The Balaban J connectivity index is 1.55. The van der Waals surface area contributed by atoms with Gasteiger partial charge in [-0.3, -0.25) is 9.59 Å². The fraction of sp³-hybridized carbons (Fsp3) is 0.261. The van der Waals surface area contributed by atoms with Crippen molar-refractivity contribution in [2.24, 2.45) is 0 Å². The topological polar surface area (TPSA) is 85.6 Å². The lowest BCUT2D eigenvalue weighted by atomic mass is 10.0. The van der Waals surface area contributed by atoms with Crippen molar-refractivity contribution in [2.75, 3.05) is 6.61 Å². The number of aryl methyl sites for hydroxylation is 1. The van der Waals surface area contributed by atoms with E-state index in [1.807, 2.05) is 19.1 Å². The first-order chi connectivity index (χ1) is 13.9. The number of hydrogen-bond acceptors (Lipinski definition) is 5. The van der Waals surface area contributed by atoms with Gasteiger partial charge in [-0.2, -0.15) is 0 Å². The standard InChI is InChI=1S/C23H23NO5/c1-15(24-16(2)25)3-4-17-5-7-18(8-6-17)21(26)14-28-20-11-9-19-10-12-23(27)29-22(19)13-20/h5-13,15H,3-4,14H2,1-2H3,(H,24,25)/t15-/m1/s1. The highest BCUT2D eigenvalue weighted by Gasteiger charge is 2.09. The Kier molecular flexibility index (Phi) is 6.44. The van der Waals surface area contributed by atoms with Gasteiger partial charge in [0.15, 0.2) is 12.4 Å². The van der Waals surface area contributed by atoms with Crippen molar-refractivity contribution >= 4 is 22.7 Å². The molecular formula is C23H23NO5. The predicted octanol–water partition coefficient (Wildman–Crippen LogP) is 3.51. The van der Waals surface area contributed by atoms with Crippen LogP contribution in [0.1, 0.15) is 36.2 Å². The van der Waals surface area contributed by atoms with Gasteiger partial charge in [0.25, 0.3) is 0 Å². The van der Waals surface area contributed by atoms with Gasteiger partial charge >= 0.3 is 5.63 Å². The zero-order chi connectivity index (χ0) is 20.8. The number of nitrogens with one attached hydrogen (secondary N) is 1. The minimum atomic E-state index is -0.433. The second-order valence-electron chi connectivity index (χ2n) is 7.00. The molecule has 29 heavy (non-hydrogen) atoms. The van der Waals surface area contributed by atoms with Crippen LogP contribution in [0, 0.1) is 0 Å². The molecule has 1 N–H and O–H groups in total. The summed E-state index contributed by atoms with van der Waals surface area (Å²) in [6.07, 6.45) is 1.64. The van der Waals surface area contributed by atoms with E-state index < -0.39 is 5.63 Å². The largest absolute Gasteiger partial charge is 0.485 e. The van der Waals surface area contributed by atoms with E-state index in [0.717, 1.165) is 23.8 Å². The normalized spacial score (nSPS) is 11.8. The molecule has 3 aromatic rings. The summed E-state index contributed by atoms with van der Waals surface area (Å²) in [5, 5.41) is 3.64. The maximum atomic E-state index is 12.4. The zero-order valence-electron chi connectivity index (χ0n) is 16.4. The number of amides is 1. The number of benzene rings is 2. The van der Waals surface area contributed by atoms with E-state index in [-0.39, 0.29) is 24.3 Å². The monoisotopic (exact) mass is 393 g/mol. The molecule has 2 aromatic carbocycles. The third kappa shape index (κ3) is 5.78. The Hall–Kier alpha value is -3.41. The molecular weight excluding hydrogens is 370 g/mol. The quantitative estimate of drug-likeness (QED) is 0.468. The predicted molar refractivity (Wildman–Crippen MR) is 110 cm³/mol. The Morgan fingerprint density at radius 2 is 1.79 bits per heavy atom. The van der Waals surface area contributed by atoms with Crippen LogP contribution >= 0.6 is 0 Å². The third-order valence-electron chi connectivity index (χ3n) is 4.56. The van der Waals surface area contributed by atoms with Gasteiger partial charge in [-0.05, 0) is 43.5 Å². The van der Waals surface area contributed by atoms with Crippen LogP contribution < -0.4 is 15.7 Å². The first-order valence-corrected chi connectivity index (χ1v) is 9.46. The van der Waals surface area contributed by atoms with E-state index in [9.17, 15) is 14.4 Å². The highest BCUT2D eigenvalue weighted by atomic mass is 16.5. The summed E-state index contributed by atoms with van der Waals surface area (Å²) in [5.41, 5.74) is 1.65. The maximum Gasteiger partial charge on any atom is 0.336 e. The van der Waals surface area contributed by atoms with Crippen molar-refractivity contribution < 1.29 is 18.7 Å². The van der Waals surface area contributed by atoms with Crippen LogP contribution in [-0.4, -0.2) is 24.3 Å². The van der Waals surface area contributed by atoms with Crippen molar-refractivity contribution in [3.8, 4) is 5.75 Å². The van der Waals surface area contributed by atoms with E-state index in [0.29, 0.717) is 16.9 Å². The van der Waals surface area contributed by atoms with Gasteiger partial charge < -0.3 is 14.5 Å². The second kappa shape index (κ2) is 9.19. The number of Topliss-reactive ketones (excluding diaryl/α,β-unsaturated/α-hetero) is 1. The first kappa shape index (κ1) is 20.3. The molecule has 1 aromatic heterocycles. The van der Waals surface area contributed by atoms with Crippen LogP contribution in [0.25, 0.3) is 11.0 Å². The average molecular weight is 393 g/mol. The molecule has 0 saturated carbocycles. The van der Waals surface area contributed by atoms with Gasteiger partial charge in [-0.1, -0.05) is 24.3 Å². The van der Waals surface area contributed by atoms with Crippen molar-refractivity contribution in [1.29, 1.82) is 0 Å². The van der Waals surface area contributed by atoms with Crippen LogP contribution in [0.15, 0.2) is 63.8 Å². The molecule has 0 unspecified atom stereocenters. The summed E-state index contributed by atoms with van der Waals surface area (Å²) < 4.78 is 10.7. The summed E-state index contributed by atoms with van der Waals surface area (Å²) in [4.78, 5) is 34.8. The summed E-state index contributed by atoms with van der Waals surface area (Å²) in [6.45, 7) is 3.36. The van der Waals surface area contributed by atoms with Gasteiger partial charge in [-0.15, -0.1) is 0 Å². The molecule has 0 aliphatic carbocycles. The average Bonchev–Trinajstić information content (AvgIpc) is 2.70. The van der Waals surface area contributed by atoms with Crippen LogP contribution in [0.2, 0.25) is 0 Å². The van der Waals surface area contributed by atoms with Gasteiger partial charge in [-0.25, -0.2) is 4.79 Å². The number of ketones is 1. The molecule has 3 rings (SSSR count). The Labute approximate surface area is 168 Å². The highest BCUT2D eigenvalue weighted by molar-refractivity contribution is 5.97. The van der Waals surface area contributed by atoms with Gasteiger partial charge in [0.05, 0.1) is 0 Å². The summed E-state index contributed by atoms with van der Waals surface area (Å²) in [7, 11) is 0. The molecule has 6 nitrogen and oxygen atoms in total. The molecule has 1 heterocycles.